The van der Waals surface area contributed by atoms with Gasteiger partial charge in [-0.05, 0) is 18.2 Å². The van der Waals surface area contributed by atoms with Gasteiger partial charge in [0.25, 0.3) is 0 Å². The summed E-state index contributed by atoms with van der Waals surface area (Å²) in [6.45, 7) is 0. The third-order valence-electron chi connectivity index (χ3n) is 3.24. The first-order valence-electron chi connectivity index (χ1n) is 7.18. The number of nitrogens with one attached hydrogen (secondary N) is 1. The van der Waals surface area contributed by atoms with Gasteiger partial charge in [-0.2, -0.15) is 4.98 Å². The Morgan fingerprint density at radius 2 is 1.84 bits per heavy atom. The molecule has 8 heteroatoms. The number of thioether (sulfide) groups is 1. The quantitative estimate of drug-likeness (QED) is 0.522. The maximum Gasteiger partial charge on any atom is 0.349 e. The summed E-state index contributed by atoms with van der Waals surface area (Å²) in [5.74, 6) is 0.260. The molecule has 2 aromatic carbocycles. The second-order valence-electron chi connectivity index (χ2n) is 4.99. The van der Waals surface area contributed by atoms with Crippen molar-refractivity contribution < 1.29 is 4.79 Å². The molecule has 0 unspecified atom stereocenters. The van der Waals surface area contributed by atoms with Crippen molar-refractivity contribution >= 4 is 40.7 Å². The number of Topliss-reactive ketones (excluding diaryl/α,β-unsaturated/α-hetero) is 1. The van der Waals surface area contributed by atoms with Crippen molar-refractivity contribution in [2.24, 2.45) is 0 Å². The molecule has 0 amide bonds. The first-order chi connectivity index (χ1) is 12.0. The van der Waals surface area contributed by atoms with E-state index in [2.05, 4.69) is 15.0 Å². The van der Waals surface area contributed by atoms with Crippen molar-refractivity contribution in [2.75, 3.05) is 5.75 Å². The number of carbonyl (C=O) groups is 1. The summed E-state index contributed by atoms with van der Waals surface area (Å²) in [6, 6.07) is 13.9. The lowest BCUT2D eigenvalue weighted by Gasteiger charge is -2.05. The molecule has 0 saturated carbocycles. The molecule has 0 aliphatic rings. The van der Waals surface area contributed by atoms with E-state index in [-0.39, 0.29) is 21.7 Å². The minimum atomic E-state index is -0.520. The van der Waals surface area contributed by atoms with E-state index < -0.39 is 5.69 Å². The van der Waals surface area contributed by atoms with Crippen LogP contribution in [0.15, 0.2) is 58.5 Å². The number of carbonyl (C=O) groups excluding carboxylic acids is 1. The molecule has 0 aliphatic heterocycles. The normalized spacial score (nSPS) is 10.6. The van der Waals surface area contributed by atoms with Crippen LogP contribution in [0.3, 0.4) is 0 Å². The Morgan fingerprint density at radius 3 is 2.56 bits per heavy atom. The summed E-state index contributed by atoms with van der Waals surface area (Å²) in [5.41, 5.74) is 0.607. The minimum Gasteiger partial charge on any atom is -0.293 e. The van der Waals surface area contributed by atoms with Gasteiger partial charge in [0.2, 0.25) is 0 Å². The van der Waals surface area contributed by atoms with Crippen LogP contribution < -0.4 is 5.69 Å². The van der Waals surface area contributed by atoms with Gasteiger partial charge in [-0.3, -0.25) is 9.78 Å². The highest BCUT2D eigenvalue weighted by molar-refractivity contribution is 7.99. The average molecular weight is 392 g/mol. The first kappa shape index (κ1) is 17.7. The number of benzene rings is 2. The van der Waals surface area contributed by atoms with Gasteiger partial charge in [0.05, 0.1) is 10.8 Å². The maximum absolute atomic E-state index is 12.3. The van der Waals surface area contributed by atoms with Crippen LogP contribution >= 0.6 is 35.0 Å². The van der Waals surface area contributed by atoms with Crippen molar-refractivity contribution in [3.05, 3.63) is 74.6 Å². The van der Waals surface area contributed by atoms with Crippen molar-refractivity contribution in [3.8, 4) is 11.4 Å². The van der Waals surface area contributed by atoms with Crippen LogP contribution in [0.4, 0.5) is 0 Å². The molecule has 25 heavy (non-hydrogen) atoms. The topological polar surface area (TPSA) is 75.7 Å². The summed E-state index contributed by atoms with van der Waals surface area (Å²) < 4.78 is 0. The molecule has 0 aliphatic carbocycles. The van der Waals surface area contributed by atoms with E-state index in [1.807, 2.05) is 30.3 Å². The second-order valence-corrected chi connectivity index (χ2v) is 6.77. The average Bonchev–Trinajstić information content (AvgIpc) is 2.60. The molecular formula is C17H11Cl2N3O2S. The highest BCUT2D eigenvalue weighted by Gasteiger charge is 2.13. The lowest BCUT2D eigenvalue weighted by molar-refractivity contribution is 0.102. The number of rotatable bonds is 5. The molecule has 1 heterocycles. The Labute approximate surface area is 157 Å². The maximum atomic E-state index is 12.3. The van der Waals surface area contributed by atoms with Crippen LogP contribution in [0, 0.1) is 0 Å². The molecule has 0 saturated heterocycles. The molecule has 5 nitrogen and oxygen atoms in total. The summed E-state index contributed by atoms with van der Waals surface area (Å²) in [6.07, 6.45) is 0. The largest absolute Gasteiger partial charge is 0.349 e. The zero-order chi connectivity index (χ0) is 17.8. The number of ketones is 1. The zero-order valence-electron chi connectivity index (χ0n) is 12.7. The van der Waals surface area contributed by atoms with Gasteiger partial charge in [0.1, 0.15) is 5.82 Å². The Bertz CT molecular complexity index is 977. The van der Waals surface area contributed by atoms with Crippen molar-refractivity contribution in [1.29, 1.82) is 0 Å². The third kappa shape index (κ3) is 4.48. The minimum absolute atomic E-state index is 0.0546. The SMILES string of the molecule is O=C(CSc1nc(-c2ccccc2)[nH]c(=O)n1)c1ccc(Cl)cc1Cl. The number of aromatic nitrogens is 3. The zero-order valence-corrected chi connectivity index (χ0v) is 15.0. The fourth-order valence-electron chi connectivity index (χ4n) is 2.09. The van der Waals surface area contributed by atoms with Crippen LogP contribution in [0.1, 0.15) is 10.4 Å². The molecule has 1 N–H and O–H groups in total. The van der Waals surface area contributed by atoms with Crippen molar-refractivity contribution in [1.82, 2.24) is 15.0 Å². The van der Waals surface area contributed by atoms with Gasteiger partial charge in [0, 0.05) is 16.1 Å². The predicted molar refractivity (Wildman–Crippen MR) is 99.6 cm³/mol. The van der Waals surface area contributed by atoms with E-state index in [0.717, 1.165) is 17.3 Å². The monoisotopic (exact) mass is 391 g/mol. The number of halogens is 2. The second kappa shape index (κ2) is 7.82. The first-order valence-corrected chi connectivity index (χ1v) is 8.92. The van der Waals surface area contributed by atoms with E-state index >= 15 is 0 Å². The highest BCUT2D eigenvalue weighted by atomic mass is 35.5. The van der Waals surface area contributed by atoms with Crippen LogP contribution in [0.5, 0.6) is 0 Å². The smallest absolute Gasteiger partial charge is 0.293 e. The van der Waals surface area contributed by atoms with E-state index in [1.165, 1.54) is 6.07 Å². The Hall–Kier alpha value is -2.15. The summed E-state index contributed by atoms with van der Waals surface area (Å²) in [7, 11) is 0. The summed E-state index contributed by atoms with van der Waals surface area (Å²) in [5, 5.41) is 0.968. The predicted octanol–water partition coefficient (Wildman–Crippen LogP) is 4.11. The number of nitrogens with zero attached hydrogens (tertiary/aromatic N) is 2. The molecular weight excluding hydrogens is 381 g/mol. The van der Waals surface area contributed by atoms with E-state index in [0.29, 0.717) is 16.4 Å². The number of hydrogen-bond acceptors (Lipinski definition) is 5. The molecule has 126 valence electrons. The van der Waals surface area contributed by atoms with Crippen LogP contribution in [-0.4, -0.2) is 26.5 Å². The van der Waals surface area contributed by atoms with Gasteiger partial charge < -0.3 is 0 Å². The Balaban J connectivity index is 1.78. The number of aromatic amines is 1. The Kier molecular flexibility index (Phi) is 5.53. The fourth-order valence-corrected chi connectivity index (χ4v) is 3.32. The Morgan fingerprint density at radius 1 is 1.08 bits per heavy atom. The summed E-state index contributed by atoms with van der Waals surface area (Å²) in [4.78, 5) is 34.7. The molecule has 0 spiro atoms. The van der Waals surface area contributed by atoms with Crippen LogP contribution in [-0.2, 0) is 0 Å². The molecule has 0 radical (unpaired) electrons. The fraction of sp³-hybridized carbons (Fsp3) is 0.0588. The lowest BCUT2D eigenvalue weighted by Crippen LogP contribution is -2.15. The summed E-state index contributed by atoms with van der Waals surface area (Å²) >= 11 is 12.9. The molecule has 0 fully saturated rings. The van der Waals surface area contributed by atoms with Crippen LogP contribution in [0.2, 0.25) is 10.0 Å². The van der Waals surface area contributed by atoms with E-state index in [4.69, 9.17) is 23.2 Å². The lowest BCUT2D eigenvalue weighted by atomic mass is 10.1. The number of H-pyrrole nitrogens is 1. The van der Waals surface area contributed by atoms with E-state index in [9.17, 15) is 9.59 Å². The number of hydrogen-bond donors (Lipinski definition) is 1. The van der Waals surface area contributed by atoms with Gasteiger partial charge >= 0.3 is 5.69 Å². The molecule has 0 bridgehead atoms. The van der Waals surface area contributed by atoms with Gasteiger partial charge in [-0.25, -0.2) is 9.78 Å². The molecule has 3 rings (SSSR count). The molecule has 3 aromatic rings. The highest BCUT2D eigenvalue weighted by Crippen LogP contribution is 2.24. The molecule has 0 atom stereocenters. The van der Waals surface area contributed by atoms with Crippen LogP contribution in [0.25, 0.3) is 11.4 Å². The van der Waals surface area contributed by atoms with Gasteiger partial charge in [-0.1, -0.05) is 65.3 Å². The van der Waals surface area contributed by atoms with Crippen molar-refractivity contribution in [2.45, 2.75) is 5.16 Å². The standard InChI is InChI=1S/C17H11Cl2N3O2S/c18-11-6-7-12(13(19)8-11)14(23)9-25-17-21-15(20-16(24)22-17)10-4-2-1-3-5-10/h1-8H,9H2,(H,20,21,22,24). The third-order valence-corrected chi connectivity index (χ3v) is 4.64. The van der Waals surface area contributed by atoms with Gasteiger partial charge in [-0.15, -0.1) is 0 Å². The molecule has 1 aromatic heterocycles. The van der Waals surface area contributed by atoms with E-state index in [1.54, 1.807) is 12.1 Å². The van der Waals surface area contributed by atoms with Crippen molar-refractivity contribution in [3.63, 3.8) is 0 Å². The van der Waals surface area contributed by atoms with Gasteiger partial charge in [0.15, 0.2) is 10.9 Å².